The third-order valence-corrected chi connectivity index (χ3v) is 6.43. The molecule has 31 heavy (non-hydrogen) atoms. The zero-order chi connectivity index (χ0) is 22.3. The second-order valence-electron chi connectivity index (χ2n) is 6.84. The molecule has 162 valence electrons. The maximum Gasteiger partial charge on any atom is 0.243 e. The number of rotatable bonds is 9. The first-order chi connectivity index (χ1) is 14.9. The number of halogens is 1. The first-order valence-electron chi connectivity index (χ1n) is 9.58. The molecule has 0 aliphatic heterocycles. The van der Waals surface area contributed by atoms with E-state index < -0.39 is 15.9 Å². The lowest BCUT2D eigenvalue weighted by Crippen LogP contribution is -2.40. The summed E-state index contributed by atoms with van der Waals surface area (Å²) in [5.41, 5.74) is 1.43. The van der Waals surface area contributed by atoms with Crippen LogP contribution in [-0.2, 0) is 27.9 Å². The number of methoxy groups -OCH3 is 1. The van der Waals surface area contributed by atoms with Gasteiger partial charge in [0.05, 0.1) is 18.6 Å². The SMILES string of the molecule is COc1ccc(CN(CC(=O)NCc2ccc(F)cc2)S(=O)(=O)c2ccccc2)cc1. The number of nitrogens with zero attached hydrogens (tertiary/aromatic N) is 1. The van der Waals surface area contributed by atoms with Crippen molar-refractivity contribution in [2.24, 2.45) is 0 Å². The number of hydrogen-bond donors (Lipinski definition) is 1. The molecule has 3 aromatic rings. The van der Waals surface area contributed by atoms with Crippen molar-refractivity contribution in [3.05, 3.63) is 95.8 Å². The van der Waals surface area contributed by atoms with Crippen molar-refractivity contribution < 1.29 is 22.3 Å². The van der Waals surface area contributed by atoms with Crippen LogP contribution < -0.4 is 10.1 Å². The van der Waals surface area contributed by atoms with Crippen LogP contribution in [0, 0.1) is 5.82 Å². The highest BCUT2D eigenvalue weighted by Crippen LogP contribution is 2.19. The Morgan fingerprint density at radius 1 is 0.935 bits per heavy atom. The average molecular weight is 443 g/mol. The minimum atomic E-state index is -3.91. The molecule has 0 saturated carbocycles. The summed E-state index contributed by atoms with van der Waals surface area (Å²) in [6, 6.07) is 20.7. The van der Waals surface area contributed by atoms with Crippen LogP contribution >= 0.6 is 0 Å². The van der Waals surface area contributed by atoms with Gasteiger partial charge in [0, 0.05) is 13.1 Å². The van der Waals surface area contributed by atoms with Crippen LogP contribution in [-0.4, -0.2) is 32.3 Å². The Kier molecular flexibility index (Phi) is 7.38. The number of hydrogen-bond acceptors (Lipinski definition) is 4. The molecular formula is C23H23FN2O4S. The number of nitrogens with one attached hydrogen (secondary N) is 1. The first kappa shape index (κ1) is 22.5. The Balaban J connectivity index is 1.77. The van der Waals surface area contributed by atoms with Gasteiger partial charge in [0.25, 0.3) is 0 Å². The lowest BCUT2D eigenvalue weighted by Gasteiger charge is -2.22. The van der Waals surface area contributed by atoms with E-state index >= 15 is 0 Å². The van der Waals surface area contributed by atoms with E-state index in [0.29, 0.717) is 16.9 Å². The molecular weight excluding hydrogens is 419 g/mol. The molecule has 0 saturated heterocycles. The zero-order valence-electron chi connectivity index (χ0n) is 17.0. The van der Waals surface area contributed by atoms with E-state index in [1.807, 2.05) is 0 Å². The van der Waals surface area contributed by atoms with Crippen molar-refractivity contribution >= 4 is 15.9 Å². The van der Waals surface area contributed by atoms with Gasteiger partial charge in [0.15, 0.2) is 0 Å². The van der Waals surface area contributed by atoms with E-state index in [4.69, 9.17) is 4.74 Å². The Hall–Kier alpha value is -3.23. The van der Waals surface area contributed by atoms with Gasteiger partial charge in [0.1, 0.15) is 11.6 Å². The van der Waals surface area contributed by atoms with Gasteiger partial charge in [-0.3, -0.25) is 4.79 Å². The Morgan fingerprint density at radius 2 is 1.55 bits per heavy atom. The van der Waals surface area contributed by atoms with Crippen LogP contribution in [0.4, 0.5) is 4.39 Å². The van der Waals surface area contributed by atoms with Crippen molar-refractivity contribution in [2.45, 2.75) is 18.0 Å². The van der Waals surface area contributed by atoms with E-state index in [1.165, 1.54) is 24.3 Å². The largest absolute Gasteiger partial charge is 0.497 e. The summed E-state index contributed by atoms with van der Waals surface area (Å²) < 4.78 is 45.7. The van der Waals surface area contributed by atoms with Crippen LogP contribution in [0.1, 0.15) is 11.1 Å². The third-order valence-electron chi connectivity index (χ3n) is 4.62. The number of carbonyl (C=O) groups excluding carboxylic acids is 1. The van der Waals surface area contributed by atoms with Gasteiger partial charge in [-0.2, -0.15) is 4.31 Å². The predicted octanol–water partition coefficient (Wildman–Crippen LogP) is 3.34. The number of benzene rings is 3. The second kappa shape index (κ2) is 10.2. The summed E-state index contributed by atoms with van der Waals surface area (Å²) in [5.74, 6) is -0.176. The molecule has 0 atom stereocenters. The predicted molar refractivity (Wildman–Crippen MR) is 115 cm³/mol. The maximum atomic E-state index is 13.2. The minimum Gasteiger partial charge on any atom is -0.497 e. The molecule has 0 heterocycles. The summed E-state index contributed by atoms with van der Waals surface area (Å²) in [4.78, 5) is 12.7. The van der Waals surface area contributed by atoms with Crippen molar-refractivity contribution in [2.75, 3.05) is 13.7 Å². The molecule has 0 spiro atoms. The summed E-state index contributed by atoms with van der Waals surface area (Å²) in [5, 5.41) is 2.69. The summed E-state index contributed by atoms with van der Waals surface area (Å²) in [6.45, 7) is -0.170. The van der Waals surface area contributed by atoms with Crippen molar-refractivity contribution in [3.8, 4) is 5.75 Å². The van der Waals surface area contributed by atoms with E-state index in [2.05, 4.69) is 5.32 Å². The highest BCUT2D eigenvalue weighted by Gasteiger charge is 2.26. The maximum absolute atomic E-state index is 13.2. The molecule has 1 amide bonds. The lowest BCUT2D eigenvalue weighted by molar-refractivity contribution is -0.121. The van der Waals surface area contributed by atoms with Crippen molar-refractivity contribution in [1.82, 2.24) is 9.62 Å². The van der Waals surface area contributed by atoms with Gasteiger partial charge in [-0.1, -0.05) is 42.5 Å². The fourth-order valence-corrected chi connectivity index (χ4v) is 4.33. The van der Waals surface area contributed by atoms with Crippen LogP contribution in [0.2, 0.25) is 0 Å². The van der Waals surface area contributed by atoms with E-state index in [0.717, 1.165) is 4.31 Å². The fourth-order valence-electron chi connectivity index (χ4n) is 2.92. The topological polar surface area (TPSA) is 75.7 Å². The Labute approximate surface area is 181 Å². The van der Waals surface area contributed by atoms with Crippen LogP contribution in [0.5, 0.6) is 5.75 Å². The second-order valence-corrected chi connectivity index (χ2v) is 8.78. The standard InChI is InChI=1S/C23H23FN2O4S/c1-30-21-13-9-19(10-14-21)16-26(31(28,29)22-5-3-2-4-6-22)17-23(27)25-15-18-7-11-20(24)12-8-18/h2-14H,15-17H2,1H3,(H,25,27). The molecule has 0 bridgehead atoms. The molecule has 0 aromatic heterocycles. The molecule has 0 aliphatic carbocycles. The number of amides is 1. The molecule has 3 rings (SSSR count). The van der Waals surface area contributed by atoms with Crippen LogP contribution in [0.25, 0.3) is 0 Å². The third kappa shape index (κ3) is 6.13. The van der Waals surface area contributed by atoms with Gasteiger partial charge in [-0.25, -0.2) is 12.8 Å². The molecule has 0 radical (unpaired) electrons. The first-order valence-corrected chi connectivity index (χ1v) is 11.0. The number of sulfonamides is 1. The van der Waals surface area contributed by atoms with Crippen molar-refractivity contribution in [3.63, 3.8) is 0 Å². The van der Waals surface area contributed by atoms with Gasteiger partial charge in [0.2, 0.25) is 15.9 Å². The molecule has 0 unspecified atom stereocenters. The summed E-state index contributed by atoms with van der Waals surface area (Å²) in [6.07, 6.45) is 0. The van der Waals surface area contributed by atoms with Gasteiger partial charge in [-0.05, 0) is 47.5 Å². The fraction of sp³-hybridized carbons (Fsp3) is 0.174. The summed E-state index contributed by atoms with van der Waals surface area (Å²) >= 11 is 0. The smallest absolute Gasteiger partial charge is 0.243 e. The normalized spacial score (nSPS) is 11.3. The molecule has 6 nitrogen and oxygen atoms in total. The van der Waals surface area contributed by atoms with E-state index in [-0.39, 0.29) is 30.3 Å². The highest BCUT2D eigenvalue weighted by atomic mass is 32.2. The van der Waals surface area contributed by atoms with Gasteiger partial charge < -0.3 is 10.1 Å². The number of ether oxygens (including phenoxy) is 1. The zero-order valence-corrected chi connectivity index (χ0v) is 17.8. The van der Waals surface area contributed by atoms with Crippen LogP contribution in [0.3, 0.4) is 0 Å². The quantitative estimate of drug-likeness (QED) is 0.552. The van der Waals surface area contributed by atoms with E-state index in [9.17, 15) is 17.6 Å². The van der Waals surface area contributed by atoms with Gasteiger partial charge in [-0.15, -0.1) is 0 Å². The Morgan fingerprint density at radius 3 is 2.16 bits per heavy atom. The Bertz CT molecular complexity index is 1100. The molecule has 0 fully saturated rings. The monoisotopic (exact) mass is 442 g/mol. The highest BCUT2D eigenvalue weighted by molar-refractivity contribution is 7.89. The number of carbonyl (C=O) groups is 1. The minimum absolute atomic E-state index is 0.0190. The average Bonchev–Trinajstić information content (AvgIpc) is 2.79. The lowest BCUT2D eigenvalue weighted by atomic mass is 10.2. The van der Waals surface area contributed by atoms with Crippen molar-refractivity contribution in [1.29, 1.82) is 0 Å². The van der Waals surface area contributed by atoms with E-state index in [1.54, 1.807) is 61.7 Å². The molecule has 0 aliphatic rings. The van der Waals surface area contributed by atoms with Gasteiger partial charge >= 0.3 is 0 Å². The summed E-state index contributed by atoms with van der Waals surface area (Å²) in [7, 11) is -2.36. The molecule has 1 N–H and O–H groups in total. The molecule has 8 heteroatoms. The molecule has 3 aromatic carbocycles. The van der Waals surface area contributed by atoms with Crippen LogP contribution in [0.15, 0.2) is 83.8 Å².